The fourth-order valence-electron chi connectivity index (χ4n) is 6.13. The molecule has 1 aliphatic carbocycles. The van der Waals surface area contributed by atoms with Crippen molar-refractivity contribution >= 4 is 58.9 Å². The molecule has 0 amide bonds. The summed E-state index contributed by atoms with van der Waals surface area (Å²) < 4.78 is 5.05. The van der Waals surface area contributed by atoms with Gasteiger partial charge in [-0.2, -0.15) is 0 Å². The molecule has 36 heavy (non-hydrogen) atoms. The number of para-hydroxylation sites is 1. The molecule has 7 rings (SSSR count). The first kappa shape index (κ1) is 21.2. The van der Waals surface area contributed by atoms with Crippen molar-refractivity contribution in [1.82, 2.24) is 9.55 Å². The lowest BCUT2D eigenvalue weighted by Crippen LogP contribution is -2.16. The second-order valence-corrected chi connectivity index (χ2v) is 11.0. The number of aromatic nitrogens is 2. The fraction of sp³-hybridized carbons (Fsp3) is 0.121. The van der Waals surface area contributed by atoms with E-state index in [1.54, 1.807) is 0 Å². The van der Waals surface area contributed by atoms with Gasteiger partial charge in [-0.15, -0.1) is 17.8 Å². The number of fused-ring (bicyclic) bond motifs is 10. The van der Waals surface area contributed by atoms with E-state index in [1.807, 2.05) is 29.8 Å². The zero-order chi connectivity index (χ0) is 24.6. The van der Waals surface area contributed by atoms with Crippen LogP contribution in [0.4, 0.5) is 0 Å². The molecule has 0 unspecified atom stereocenters. The molecule has 0 spiro atoms. The summed E-state index contributed by atoms with van der Waals surface area (Å²) in [7, 11) is 0. The topological polar surface area (TPSA) is 17.8 Å². The van der Waals surface area contributed by atoms with Crippen LogP contribution in [-0.4, -0.2) is 9.55 Å². The van der Waals surface area contributed by atoms with Crippen LogP contribution in [0.5, 0.6) is 0 Å². The Morgan fingerprint density at radius 3 is 2.44 bits per heavy atom. The predicted molar refractivity (Wildman–Crippen MR) is 155 cm³/mol. The monoisotopic (exact) mass is 480 g/mol. The van der Waals surface area contributed by atoms with E-state index in [1.165, 1.54) is 64.3 Å². The highest BCUT2D eigenvalue weighted by Gasteiger charge is 2.40. The molecule has 0 aliphatic heterocycles. The van der Waals surface area contributed by atoms with Crippen LogP contribution in [0.2, 0.25) is 0 Å². The molecule has 0 saturated carbocycles. The lowest BCUT2D eigenvalue weighted by molar-refractivity contribution is 0.646. The molecule has 0 saturated heterocycles. The summed E-state index contributed by atoms with van der Waals surface area (Å²) in [5.74, 6) is 2.72. The van der Waals surface area contributed by atoms with Crippen LogP contribution in [0.25, 0.3) is 53.2 Å². The first-order valence-corrected chi connectivity index (χ1v) is 13.0. The van der Waals surface area contributed by atoms with E-state index < -0.39 is 0 Å². The number of pyridine rings is 1. The second kappa shape index (κ2) is 7.43. The highest BCUT2D eigenvalue weighted by molar-refractivity contribution is 7.26. The maximum absolute atomic E-state index is 5.69. The number of terminal acetylenes is 1. The van der Waals surface area contributed by atoms with Crippen LogP contribution in [0.15, 0.2) is 90.8 Å². The van der Waals surface area contributed by atoms with Crippen LogP contribution in [0.1, 0.15) is 31.9 Å². The van der Waals surface area contributed by atoms with Gasteiger partial charge in [-0.25, -0.2) is 0 Å². The third-order valence-electron chi connectivity index (χ3n) is 7.94. The Hall–Kier alpha value is -4.13. The highest BCUT2D eigenvalue weighted by Crippen LogP contribution is 2.57. The number of nitrogens with zero attached hydrogens (tertiary/aromatic N) is 2. The standard InChI is InChI=1S/C33H24N2S/c1-5-6-11-22-20(2)33(3,4)30-27(22)28-24-13-8-10-15-26(24)36-32(28)31-29(30)23-12-7-9-14-25(23)35(31)21-16-18-34-19-17-21/h1,6-19H,2-4H3/b11-6-. The number of hydrogen-bond acceptors (Lipinski definition) is 2. The smallest absolute Gasteiger partial charge is 0.0723 e. The summed E-state index contributed by atoms with van der Waals surface area (Å²) >= 11 is 1.89. The van der Waals surface area contributed by atoms with Gasteiger partial charge >= 0.3 is 0 Å². The largest absolute Gasteiger partial charge is 0.308 e. The van der Waals surface area contributed by atoms with Gasteiger partial charge in [0, 0.05) is 49.7 Å². The number of thiophene rings is 1. The maximum atomic E-state index is 5.69. The molecule has 3 aromatic carbocycles. The van der Waals surface area contributed by atoms with Crippen molar-refractivity contribution in [3.8, 4) is 18.0 Å². The van der Waals surface area contributed by atoms with E-state index in [4.69, 9.17) is 6.42 Å². The number of hydrogen-bond donors (Lipinski definition) is 0. The van der Waals surface area contributed by atoms with Gasteiger partial charge in [-0.1, -0.05) is 61.7 Å². The van der Waals surface area contributed by atoms with E-state index in [9.17, 15) is 0 Å². The Bertz CT molecular complexity index is 1970. The van der Waals surface area contributed by atoms with Crippen molar-refractivity contribution in [1.29, 1.82) is 0 Å². The summed E-state index contributed by atoms with van der Waals surface area (Å²) in [5, 5.41) is 5.25. The van der Waals surface area contributed by atoms with Crippen molar-refractivity contribution in [3.05, 3.63) is 102 Å². The third-order valence-corrected chi connectivity index (χ3v) is 9.12. The molecule has 3 aromatic heterocycles. The lowest BCUT2D eigenvalue weighted by atomic mass is 9.79. The Morgan fingerprint density at radius 2 is 1.67 bits per heavy atom. The van der Waals surface area contributed by atoms with Crippen LogP contribution in [0, 0.1) is 12.3 Å². The first-order valence-electron chi connectivity index (χ1n) is 12.2. The van der Waals surface area contributed by atoms with E-state index in [0.717, 1.165) is 5.69 Å². The van der Waals surface area contributed by atoms with Crippen LogP contribution in [-0.2, 0) is 5.41 Å². The summed E-state index contributed by atoms with van der Waals surface area (Å²) in [4.78, 5) is 4.30. The zero-order valence-corrected chi connectivity index (χ0v) is 21.3. The number of allylic oxidation sites excluding steroid dienone is 4. The van der Waals surface area contributed by atoms with Crippen LogP contribution < -0.4 is 0 Å². The minimum atomic E-state index is -0.147. The van der Waals surface area contributed by atoms with Gasteiger partial charge in [0.2, 0.25) is 0 Å². The quantitative estimate of drug-likeness (QED) is 0.226. The van der Waals surface area contributed by atoms with Crippen molar-refractivity contribution in [3.63, 3.8) is 0 Å². The molecule has 3 heterocycles. The molecule has 0 bridgehead atoms. The summed E-state index contributed by atoms with van der Waals surface area (Å²) in [5.41, 5.74) is 8.81. The van der Waals surface area contributed by atoms with Gasteiger partial charge in [0.25, 0.3) is 0 Å². The third kappa shape index (κ3) is 2.60. The van der Waals surface area contributed by atoms with Gasteiger partial charge in [0.15, 0.2) is 0 Å². The summed E-state index contributed by atoms with van der Waals surface area (Å²) in [6, 6.07) is 21.8. The van der Waals surface area contributed by atoms with Crippen molar-refractivity contribution in [2.24, 2.45) is 0 Å². The van der Waals surface area contributed by atoms with Crippen LogP contribution >= 0.6 is 11.3 Å². The molecule has 0 fully saturated rings. The summed E-state index contributed by atoms with van der Waals surface area (Å²) in [6.45, 7) is 6.98. The van der Waals surface area contributed by atoms with E-state index in [0.29, 0.717) is 0 Å². The average molecular weight is 481 g/mol. The zero-order valence-electron chi connectivity index (χ0n) is 20.5. The van der Waals surface area contributed by atoms with Crippen molar-refractivity contribution in [2.75, 3.05) is 0 Å². The van der Waals surface area contributed by atoms with Crippen LogP contribution in [0.3, 0.4) is 0 Å². The molecule has 3 heteroatoms. The van der Waals surface area contributed by atoms with Gasteiger partial charge < -0.3 is 4.57 Å². The lowest BCUT2D eigenvalue weighted by Gasteiger charge is -2.24. The van der Waals surface area contributed by atoms with Gasteiger partial charge in [-0.05, 0) is 60.0 Å². The predicted octanol–water partition coefficient (Wildman–Crippen LogP) is 8.80. The Labute approximate surface area is 214 Å². The van der Waals surface area contributed by atoms with E-state index >= 15 is 0 Å². The Morgan fingerprint density at radius 1 is 0.944 bits per heavy atom. The minimum Gasteiger partial charge on any atom is -0.308 e. The molecular weight excluding hydrogens is 456 g/mol. The average Bonchev–Trinajstić information content (AvgIpc) is 3.50. The Kier molecular flexibility index (Phi) is 4.37. The molecule has 0 radical (unpaired) electrons. The fourth-order valence-corrected chi connectivity index (χ4v) is 7.38. The molecule has 2 nitrogen and oxygen atoms in total. The molecular formula is C33H24N2S. The van der Waals surface area contributed by atoms with Crippen molar-refractivity contribution in [2.45, 2.75) is 26.2 Å². The second-order valence-electron chi connectivity index (χ2n) is 10.00. The van der Waals surface area contributed by atoms with Crippen molar-refractivity contribution < 1.29 is 0 Å². The SMILES string of the molecule is C#C/C=C\C1=C(C)C(C)(C)c2c1c1c3ccccc3sc1c1c2c2ccccc2n1-c1ccncc1. The Balaban J connectivity index is 1.84. The molecule has 0 atom stereocenters. The molecule has 6 aromatic rings. The maximum Gasteiger partial charge on any atom is 0.0723 e. The normalized spacial score (nSPS) is 15.1. The van der Waals surface area contributed by atoms with E-state index in [-0.39, 0.29) is 5.41 Å². The van der Waals surface area contributed by atoms with E-state index in [2.05, 4.69) is 103 Å². The van der Waals surface area contributed by atoms with Gasteiger partial charge in [0.05, 0.1) is 15.7 Å². The minimum absolute atomic E-state index is 0.147. The number of rotatable bonds is 2. The van der Waals surface area contributed by atoms with Gasteiger partial charge in [-0.3, -0.25) is 4.98 Å². The van der Waals surface area contributed by atoms with Gasteiger partial charge in [0.1, 0.15) is 0 Å². The molecule has 1 aliphatic rings. The number of benzene rings is 3. The molecule has 0 N–H and O–H groups in total. The molecule has 172 valence electrons. The highest BCUT2D eigenvalue weighted by atomic mass is 32.1. The summed E-state index contributed by atoms with van der Waals surface area (Å²) in [6.07, 6.45) is 13.4. The first-order chi connectivity index (χ1) is 17.5.